The molecule has 0 unspecified atom stereocenters. The van der Waals surface area contributed by atoms with E-state index in [-0.39, 0.29) is 5.41 Å². The molecule has 1 aliphatic rings. The van der Waals surface area contributed by atoms with Crippen molar-refractivity contribution in [3.63, 3.8) is 0 Å². The van der Waals surface area contributed by atoms with Crippen molar-refractivity contribution in [2.75, 3.05) is 18.6 Å². The second-order valence-electron chi connectivity index (χ2n) is 5.76. The molecule has 0 amide bonds. The summed E-state index contributed by atoms with van der Waals surface area (Å²) in [7, 11) is 0. The zero-order valence-electron chi connectivity index (χ0n) is 12.4. The Bertz CT molecular complexity index is 503. The lowest BCUT2D eigenvalue weighted by Gasteiger charge is -2.15. The Morgan fingerprint density at radius 2 is 2.00 bits per heavy atom. The van der Waals surface area contributed by atoms with Crippen molar-refractivity contribution in [2.45, 2.75) is 43.9 Å². The Hall–Kier alpha value is -0.410. The fourth-order valence-corrected chi connectivity index (χ4v) is 3.47. The lowest BCUT2D eigenvalue weighted by atomic mass is 9.82. The highest BCUT2D eigenvalue weighted by Crippen LogP contribution is 2.40. The lowest BCUT2D eigenvalue weighted by Crippen LogP contribution is -2.26. The summed E-state index contributed by atoms with van der Waals surface area (Å²) in [6.07, 6.45) is 4.74. The third-order valence-electron chi connectivity index (χ3n) is 4.23. The molecule has 1 heterocycles. The molecule has 0 bridgehead atoms. The molecule has 3 heteroatoms. The second kappa shape index (κ2) is 5.92. The van der Waals surface area contributed by atoms with Gasteiger partial charge >= 0.3 is 0 Å². The van der Waals surface area contributed by atoms with E-state index in [4.69, 9.17) is 0 Å². The van der Waals surface area contributed by atoms with Gasteiger partial charge in [-0.3, -0.25) is 0 Å². The number of nitrogens with zero attached hydrogens (tertiary/aromatic N) is 1. The van der Waals surface area contributed by atoms with Crippen molar-refractivity contribution in [3.05, 3.63) is 23.8 Å². The average Bonchev–Trinajstić information content (AvgIpc) is 2.55. The van der Waals surface area contributed by atoms with E-state index in [0.29, 0.717) is 0 Å². The van der Waals surface area contributed by atoms with Crippen LogP contribution in [0, 0.1) is 0 Å². The van der Waals surface area contributed by atoms with Crippen LogP contribution in [0.4, 0.5) is 5.69 Å². The molecular weight excluding hydrogens is 270 g/mol. The Balaban J connectivity index is 2.26. The predicted octanol–water partition coefficient (Wildman–Crippen LogP) is 4.51. The number of hydrogen-bond donors (Lipinski definition) is 1. The lowest BCUT2D eigenvalue weighted by molar-refractivity contribution is -0.439. The monoisotopic (exact) mass is 294 g/mol. The fourth-order valence-electron chi connectivity index (χ4n) is 2.78. The molecule has 0 aliphatic carbocycles. The summed E-state index contributed by atoms with van der Waals surface area (Å²) >= 11 is 6.42. The third-order valence-corrected chi connectivity index (χ3v) is 5.21. The summed E-state index contributed by atoms with van der Waals surface area (Å²) < 4.78 is 2.50. The molecule has 0 N–H and O–H groups in total. The van der Waals surface area contributed by atoms with Crippen LogP contribution in [0.2, 0.25) is 0 Å². The van der Waals surface area contributed by atoms with Crippen molar-refractivity contribution >= 4 is 35.8 Å². The molecule has 0 atom stereocenters. The summed E-state index contributed by atoms with van der Waals surface area (Å²) in [5.41, 5.74) is 4.39. The van der Waals surface area contributed by atoms with E-state index in [9.17, 15) is 0 Å². The van der Waals surface area contributed by atoms with Gasteiger partial charge in [0.1, 0.15) is 6.54 Å². The molecule has 0 radical (unpaired) electrons. The smallest absolute Gasteiger partial charge is 0.199 e. The van der Waals surface area contributed by atoms with Gasteiger partial charge in [0.05, 0.1) is 5.41 Å². The van der Waals surface area contributed by atoms with Gasteiger partial charge < -0.3 is 0 Å². The normalized spacial score (nSPS) is 16.9. The SMILES string of the molecule is CSCCCC[N+]1=C(C)C(C)(C)c2cc(S)ccc21. The fraction of sp³-hybridized carbons (Fsp3) is 0.562. The molecule has 1 aromatic rings. The maximum Gasteiger partial charge on any atom is 0.209 e. The van der Waals surface area contributed by atoms with E-state index in [2.05, 4.69) is 62.4 Å². The zero-order valence-corrected chi connectivity index (χ0v) is 14.1. The van der Waals surface area contributed by atoms with Crippen molar-refractivity contribution < 1.29 is 4.58 Å². The Kier molecular flexibility index (Phi) is 4.67. The summed E-state index contributed by atoms with van der Waals surface area (Å²) in [4.78, 5) is 1.06. The Morgan fingerprint density at radius 3 is 2.68 bits per heavy atom. The third kappa shape index (κ3) is 2.87. The highest BCUT2D eigenvalue weighted by atomic mass is 32.2. The molecule has 19 heavy (non-hydrogen) atoms. The first-order valence-corrected chi connectivity index (χ1v) is 8.76. The summed E-state index contributed by atoms with van der Waals surface area (Å²) in [6.45, 7) is 8.04. The first kappa shape index (κ1) is 15.0. The van der Waals surface area contributed by atoms with Gasteiger partial charge in [0.15, 0.2) is 5.71 Å². The molecule has 0 saturated carbocycles. The summed E-state index contributed by atoms with van der Waals surface area (Å²) in [5, 5.41) is 0. The molecule has 0 spiro atoms. The van der Waals surface area contributed by atoms with Crippen molar-refractivity contribution in [1.29, 1.82) is 0 Å². The van der Waals surface area contributed by atoms with Crippen molar-refractivity contribution in [2.24, 2.45) is 0 Å². The van der Waals surface area contributed by atoms with E-state index >= 15 is 0 Å². The van der Waals surface area contributed by atoms with Crippen LogP contribution in [0.5, 0.6) is 0 Å². The molecule has 1 nitrogen and oxygen atoms in total. The minimum atomic E-state index is 0.133. The van der Waals surface area contributed by atoms with Crippen LogP contribution in [-0.4, -0.2) is 28.8 Å². The maximum absolute atomic E-state index is 4.49. The first-order chi connectivity index (χ1) is 8.98. The number of benzene rings is 1. The van der Waals surface area contributed by atoms with Crippen molar-refractivity contribution in [3.8, 4) is 0 Å². The van der Waals surface area contributed by atoms with Gasteiger partial charge in [-0.15, -0.1) is 12.6 Å². The second-order valence-corrected chi connectivity index (χ2v) is 7.27. The van der Waals surface area contributed by atoms with Crippen LogP contribution >= 0.6 is 24.4 Å². The first-order valence-electron chi connectivity index (χ1n) is 6.92. The summed E-state index contributed by atoms with van der Waals surface area (Å²) in [6, 6.07) is 6.56. The van der Waals surface area contributed by atoms with Gasteiger partial charge in [0.25, 0.3) is 0 Å². The highest BCUT2D eigenvalue weighted by molar-refractivity contribution is 7.98. The Labute approximate surface area is 126 Å². The maximum atomic E-state index is 4.49. The number of hydrogen-bond acceptors (Lipinski definition) is 2. The number of thiol groups is 1. The zero-order chi connectivity index (χ0) is 14.0. The molecule has 0 saturated heterocycles. The largest absolute Gasteiger partial charge is 0.209 e. The molecule has 0 fully saturated rings. The molecule has 1 aromatic carbocycles. The van der Waals surface area contributed by atoms with Crippen LogP contribution in [0.3, 0.4) is 0 Å². The van der Waals surface area contributed by atoms with Crippen molar-refractivity contribution in [1.82, 2.24) is 0 Å². The number of fused-ring (bicyclic) bond motifs is 1. The van der Waals surface area contributed by atoms with E-state index in [1.807, 2.05) is 11.8 Å². The predicted molar refractivity (Wildman–Crippen MR) is 89.8 cm³/mol. The van der Waals surface area contributed by atoms with Gasteiger partial charge in [0.2, 0.25) is 5.69 Å². The van der Waals surface area contributed by atoms with Gasteiger partial charge in [-0.1, -0.05) is 0 Å². The van der Waals surface area contributed by atoms with Gasteiger partial charge in [0, 0.05) is 29.9 Å². The van der Waals surface area contributed by atoms with E-state index < -0.39 is 0 Å². The van der Waals surface area contributed by atoms with Crippen LogP contribution in [0.15, 0.2) is 23.1 Å². The van der Waals surface area contributed by atoms with Gasteiger partial charge in [-0.05, 0) is 44.4 Å². The standard InChI is InChI=1S/C16H23NS2/c1-12-16(2,3)14-11-13(18)7-8-15(14)17(12)9-5-6-10-19-4/h7-8,11H,5-6,9-10H2,1-4H3/p+1. The number of thioether (sulfide) groups is 1. The van der Waals surface area contributed by atoms with E-state index in [1.54, 1.807) is 0 Å². The molecule has 1 aliphatic heterocycles. The van der Waals surface area contributed by atoms with Crippen LogP contribution < -0.4 is 0 Å². The van der Waals surface area contributed by atoms with E-state index in [1.165, 1.54) is 35.6 Å². The highest BCUT2D eigenvalue weighted by Gasteiger charge is 2.42. The van der Waals surface area contributed by atoms with Gasteiger partial charge in [-0.25, -0.2) is 0 Å². The van der Waals surface area contributed by atoms with Crippen LogP contribution in [-0.2, 0) is 5.41 Å². The minimum Gasteiger partial charge on any atom is -0.199 e. The molecular formula is C16H24NS2+. The average molecular weight is 295 g/mol. The summed E-state index contributed by atoms with van der Waals surface area (Å²) in [5.74, 6) is 1.26. The Morgan fingerprint density at radius 1 is 1.26 bits per heavy atom. The van der Waals surface area contributed by atoms with E-state index in [0.717, 1.165) is 11.4 Å². The van der Waals surface area contributed by atoms with Gasteiger partial charge in [-0.2, -0.15) is 16.3 Å². The topological polar surface area (TPSA) is 3.01 Å². The minimum absolute atomic E-state index is 0.133. The van der Waals surface area contributed by atoms with Crippen LogP contribution in [0.25, 0.3) is 0 Å². The number of unbranched alkanes of at least 4 members (excludes halogenated alkanes) is 1. The molecule has 104 valence electrons. The molecule has 2 rings (SSSR count). The quantitative estimate of drug-likeness (QED) is 0.475. The number of rotatable bonds is 5. The van der Waals surface area contributed by atoms with Crippen LogP contribution in [0.1, 0.15) is 39.2 Å². The molecule has 0 aromatic heterocycles.